The number of amides is 1. The number of fused-ring (bicyclic) bond motifs is 2. The summed E-state index contributed by atoms with van der Waals surface area (Å²) in [6.45, 7) is 8.65. The molecule has 0 saturated carbocycles. The Hall–Kier alpha value is -2.86. The normalized spacial score (nSPS) is 17.4. The summed E-state index contributed by atoms with van der Waals surface area (Å²) >= 11 is 0. The maximum atomic E-state index is 13.7. The van der Waals surface area contributed by atoms with Crippen molar-refractivity contribution >= 4 is 28.6 Å². The SMILES string of the molecule is CCN(CC)CCNc1ccc2c(c1)COC2=C1C(=O)Nc2ccc(F)cc21. The molecule has 0 saturated heterocycles. The molecule has 2 heterocycles. The second kappa shape index (κ2) is 7.64. The molecule has 2 aromatic rings. The van der Waals surface area contributed by atoms with Crippen LogP contribution in [0.2, 0.25) is 0 Å². The fourth-order valence-corrected chi connectivity index (χ4v) is 3.74. The number of ether oxygens (including phenoxy) is 1. The van der Waals surface area contributed by atoms with Gasteiger partial charge < -0.3 is 20.3 Å². The average Bonchev–Trinajstić information content (AvgIpc) is 3.24. The van der Waals surface area contributed by atoms with Gasteiger partial charge in [0.25, 0.3) is 5.91 Å². The molecule has 1 amide bonds. The van der Waals surface area contributed by atoms with E-state index in [0.29, 0.717) is 29.2 Å². The smallest absolute Gasteiger partial charge is 0.260 e. The number of rotatable bonds is 6. The molecule has 0 atom stereocenters. The van der Waals surface area contributed by atoms with E-state index in [4.69, 9.17) is 4.74 Å². The molecule has 0 bridgehead atoms. The van der Waals surface area contributed by atoms with Crippen molar-refractivity contribution in [1.29, 1.82) is 0 Å². The molecule has 2 aliphatic heterocycles. The lowest BCUT2D eigenvalue weighted by Crippen LogP contribution is -2.28. The average molecular weight is 381 g/mol. The molecule has 0 spiro atoms. The van der Waals surface area contributed by atoms with Crippen molar-refractivity contribution in [1.82, 2.24) is 4.90 Å². The van der Waals surface area contributed by atoms with Crippen molar-refractivity contribution in [3.63, 3.8) is 0 Å². The highest BCUT2D eigenvalue weighted by molar-refractivity contribution is 6.36. The minimum atomic E-state index is -0.376. The summed E-state index contributed by atoms with van der Waals surface area (Å²) in [7, 11) is 0. The Labute approximate surface area is 164 Å². The van der Waals surface area contributed by atoms with Crippen LogP contribution >= 0.6 is 0 Å². The predicted octanol–water partition coefficient (Wildman–Crippen LogP) is 3.93. The van der Waals surface area contributed by atoms with E-state index in [-0.39, 0.29) is 11.7 Å². The van der Waals surface area contributed by atoms with Gasteiger partial charge in [-0.15, -0.1) is 0 Å². The predicted molar refractivity (Wildman–Crippen MR) is 109 cm³/mol. The number of halogens is 1. The molecule has 0 radical (unpaired) electrons. The van der Waals surface area contributed by atoms with E-state index in [1.807, 2.05) is 12.1 Å². The summed E-state index contributed by atoms with van der Waals surface area (Å²) in [4.78, 5) is 14.8. The summed E-state index contributed by atoms with van der Waals surface area (Å²) in [5.41, 5.74) is 4.50. The minimum Gasteiger partial charge on any atom is -0.487 e. The van der Waals surface area contributed by atoms with Gasteiger partial charge in [0.15, 0.2) is 0 Å². The Morgan fingerprint density at radius 3 is 2.75 bits per heavy atom. The zero-order valence-corrected chi connectivity index (χ0v) is 16.1. The molecule has 2 N–H and O–H groups in total. The quantitative estimate of drug-likeness (QED) is 0.745. The van der Waals surface area contributed by atoms with Crippen LogP contribution < -0.4 is 10.6 Å². The number of benzene rings is 2. The third kappa shape index (κ3) is 3.36. The first-order valence-corrected chi connectivity index (χ1v) is 9.68. The number of hydrogen-bond acceptors (Lipinski definition) is 4. The summed E-state index contributed by atoms with van der Waals surface area (Å²) < 4.78 is 19.6. The lowest BCUT2D eigenvalue weighted by molar-refractivity contribution is -0.110. The summed E-state index contributed by atoms with van der Waals surface area (Å²) in [5.74, 6) is -0.115. The molecule has 146 valence electrons. The van der Waals surface area contributed by atoms with Gasteiger partial charge in [-0.1, -0.05) is 13.8 Å². The van der Waals surface area contributed by atoms with E-state index >= 15 is 0 Å². The molecule has 2 aromatic carbocycles. The third-order valence-corrected chi connectivity index (χ3v) is 5.33. The van der Waals surface area contributed by atoms with Gasteiger partial charge in [-0.3, -0.25) is 4.79 Å². The Morgan fingerprint density at radius 1 is 1.14 bits per heavy atom. The van der Waals surface area contributed by atoms with E-state index in [0.717, 1.165) is 43.0 Å². The van der Waals surface area contributed by atoms with Gasteiger partial charge in [0.05, 0.1) is 5.57 Å². The Balaban J connectivity index is 1.59. The molecule has 6 heteroatoms. The molecular formula is C22H24FN3O2. The maximum absolute atomic E-state index is 13.7. The Kier molecular flexibility index (Phi) is 5.05. The van der Waals surface area contributed by atoms with Crippen LogP contribution in [-0.4, -0.2) is 37.0 Å². The van der Waals surface area contributed by atoms with Gasteiger partial charge in [-0.25, -0.2) is 4.39 Å². The number of likely N-dealkylation sites (N-methyl/N-ethyl adjacent to an activating group) is 1. The van der Waals surface area contributed by atoms with Gasteiger partial charge in [-0.05, 0) is 49.5 Å². The van der Waals surface area contributed by atoms with E-state index in [1.165, 1.54) is 12.1 Å². The molecule has 2 aliphatic rings. The second-order valence-corrected chi connectivity index (χ2v) is 6.96. The monoisotopic (exact) mass is 381 g/mol. The first kappa shape index (κ1) is 18.5. The summed E-state index contributed by atoms with van der Waals surface area (Å²) in [6, 6.07) is 10.3. The second-order valence-electron chi connectivity index (χ2n) is 6.96. The van der Waals surface area contributed by atoms with Crippen LogP contribution in [-0.2, 0) is 16.1 Å². The molecule has 4 rings (SSSR count). The lowest BCUT2D eigenvalue weighted by atomic mass is 10.00. The first-order chi connectivity index (χ1) is 13.6. The molecule has 0 fully saturated rings. The maximum Gasteiger partial charge on any atom is 0.260 e. The summed E-state index contributed by atoms with van der Waals surface area (Å²) in [5, 5.41) is 6.23. The highest BCUT2D eigenvalue weighted by Gasteiger charge is 2.32. The Morgan fingerprint density at radius 2 is 1.96 bits per heavy atom. The van der Waals surface area contributed by atoms with Crippen molar-refractivity contribution in [2.24, 2.45) is 0 Å². The van der Waals surface area contributed by atoms with Crippen LogP contribution in [0.15, 0.2) is 36.4 Å². The molecule has 5 nitrogen and oxygen atoms in total. The van der Waals surface area contributed by atoms with Crippen LogP contribution in [0.3, 0.4) is 0 Å². The van der Waals surface area contributed by atoms with Crippen molar-refractivity contribution in [2.45, 2.75) is 20.5 Å². The Bertz CT molecular complexity index is 951. The third-order valence-electron chi connectivity index (χ3n) is 5.33. The molecular weight excluding hydrogens is 357 g/mol. The van der Waals surface area contributed by atoms with Gasteiger partial charge in [0.2, 0.25) is 0 Å². The van der Waals surface area contributed by atoms with Crippen LogP contribution in [0.5, 0.6) is 0 Å². The molecule has 0 unspecified atom stereocenters. The molecule has 0 aliphatic carbocycles. The van der Waals surface area contributed by atoms with E-state index in [1.54, 1.807) is 6.07 Å². The van der Waals surface area contributed by atoms with Gasteiger partial charge in [0.1, 0.15) is 18.2 Å². The van der Waals surface area contributed by atoms with E-state index in [9.17, 15) is 9.18 Å². The fourth-order valence-electron chi connectivity index (χ4n) is 3.74. The zero-order chi connectivity index (χ0) is 19.7. The lowest BCUT2D eigenvalue weighted by Gasteiger charge is -2.18. The highest BCUT2D eigenvalue weighted by Crippen LogP contribution is 2.42. The van der Waals surface area contributed by atoms with Crippen LogP contribution in [0.1, 0.15) is 30.5 Å². The number of anilines is 2. The summed E-state index contributed by atoms with van der Waals surface area (Å²) in [6.07, 6.45) is 0. The van der Waals surface area contributed by atoms with Crippen LogP contribution in [0.4, 0.5) is 15.8 Å². The number of nitrogens with zero attached hydrogens (tertiary/aromatic N) is 1. The fraction of sp³-hybridized carbons (Fsp3) is 0.318. The molecule has 28 heavy (non-hydrogen) atoms. The van der Waals surface area contributed by atoms with E-state index < -0.39 is 0 Å². The van der Waals surface area contributed by atoms with Crippen molar-refractivity contribution in [3.05, 3.63) is 58.9 Å². The molecule has 0 aromatic heterocycles. The topological polar surface area (TPSA) is 53.6 Å². The van der Waals surface area contributed by atoms with Crippen LogP contribution in [0, 0.1) is 5.82 Å². The number of nitrogens with one attached hydrogen (secondary N) is 2. The van der Waals surface area contributed by atoms with Gasteiger partial charge in [0, 0.05) is 41.2 Å². The zero-order valence-electron chi connectivity index (χ0n) is 16.1. The minimum absolute atomic E-state index is 0.259. The van der Waals surface area contributed by atoms with Gasteiger partial charge >= 0.3 is 0 Å². The highest BCUT2D eigenvalue weighted by atomic mass is 19.1. The van der Waals surface area contributed by atoms with Crippen molar-refractivity contribution in [3.8, 4) is 0 Å². The number of carbonyl (C=O) groups excluding carboxylic acids is 1. The van der Waals surface area contributed by atoms with Gasteiger partial charge in [-0.2, -0.15) is 0 Å². The van der Waals surface area contributed by atoms with Crippen molar-refractivity contribution < 1.29 is 13.9 Å². The van der Waals surface area contributed by atoms with Crippen LogP contribution in [0.25, 0.3) is 11.3 Å². The standard InChI is InChI=1S/C22H24FN3O2/c1-3-26(4-2)10-9-24-16-6-7-17-14(11-16)13-28-21(17)20-18-12-15(23)5-8-19(18)25-22(20)27/h5-8,11-12,24H,3-4,9-10,13H2,1-2H3,(H,25,27). The number of hydrogen-bond donors (Lipinski definition) is 2. The van der Waals surface area contributed by atoms with Crippen molar-refractivity contribution in [2.75, 3.05) is 36.8 Å². The number of carbonyl (C=O) groups is 1. The first-order valence-electron chi connectivity index (χ1n) is 9.68. The largest absolute Gasteiger partial charge is 0.487 e. The van der Waals surface area contributed by atoms with E-state index in [2.05, 4.69) is 35.4 Å².